The van der Waals surface area contributed by atoms with Gasteiger partial charge >= 0.3 is 12.0 Å². The van der Waals surface area contributed by atoms with E-state index in [0.29, 0.717) is 12.3 Å². The van der Waals surface area contributed by atoms with Crippen LogP contribution in [0.3, 0.4) is 0 Å². The Balaban J connectivity index is 1.48. The molecule has 2 heterocycles. The highest BCUT2D eigenvalue weighted by atomic mass is 16.6. The predicted molar refractivity (Wildman–Crippen MR) is 77.0 cm³/mol. The monoisotopic (exact) mass is 298 g/mol. The number of ether oxygens (including phenoxy) is 2. The van der Waals surface area contributed by atoms with Crippen LogP contribution in [0.25, 0.3) is 0 Å². The second kappa shape index (κ2) is 4.98. The van der Waals surface area contributed by atoms with Crippen molar-refractivity contribution >= 4 is 5.97 Å². The number of carbonyl (C=O) groups excluding carboxylic acids is 1. The SMILES string of the molecule is O=C(Oc1ccc2c(c1)CCC2)C1Cn2ccc(=O)nc2O1. The van der Waals surface area contributed by atoms with Crippen LogP contribution >= 0.6 is 0 Å². The van der Waals surface area contributed by atoms with Gasteiger partial charge in [-0.05, 0) is 42.5 Å². The van der Waals surface area contributed by atoms with Crippen LogP contribution in [0, 0.1) is 0 Å². The van der Waals surface area contributed by atoms with Crippen molar-refractivity contribution in [3.63, 3.8) is 0 Å². The Kier molecular flexibility index (Phi) is 2.96. The number of aryl methyl sites for hydroxylation is 2. The molecule has 0 radical (unpaired) electrons. The van der Waals surface area contributed by atoms with E-state index in [9.17, 15) is 9.59 Å². The Labute approximate surface area is 126 Å². The van der Waals surface area contributed by atoms with Crippen molar-refractivity contribution in [2.24, 2.45) is 0 Å². The van der Waals surface area contributed by atoms with Gasteiger partial charge in [0.1, 0.15) is 5.75 Å². The molecule has 0 spiro atoms. The molecule has 1 aliphatic heterocycles. The lowest BCUT2D eigenvalue weighted by Crippen LogP contribution is -2.30. The lowest BCUT2D eigenvalue weighted by Gasteiger charge is -2.10. The Hall–Kier alpha value is -2.63. The third kappa shape index (κ3) is 2.26. The molecule has 1 unspecified atom stereocenters. The van der Waals surface area contributed by atoms with Crippen molar-refractivity contribution in [2.45, 2.75) is 31.9 Å². The van der Waals surface area contributed by atoms with Gasteiger partial charge in [-0.2, -0.15) is 4.98 Å². The average molecular weight is 298 g/mol. The summed E-state index contributed by atoms with van der Waals surface area (Å²) in [5.74, 6) is 0.0589. The molecule has 0 amide bonds. The summed E-state index contributed by atoms with van der Waals surface area (Å²) in [5, 5.41) is 0. The van der Waals surface area contributed by atoms with Crippen LogP contribution in [0.2, 0.25) is 0 Å². The lowest BCUT2D eigenvalue weighted by molar-refractivity contribution is -0.141. The van der Waals surface area contributed by atoms with Crippen LogP contribution in [-0.4, -0.2) is 21.6 Å². The van der Waals surface area contributed by atoms with Gasteiger partial charge in [0.05, 0.1) is 6.54 Å². The van der Waals surface area contributed by atoms with Gasteiger partial charge in [0.2, 0.25) is 6.10 Å². The first-order valence-corrected chi connectivity index (χ1v) is 7.27. The Bertz CT molecular complexity index is 812. The van der Waals surface area contributed by atoms with Crippen LogP contribution in [0.5, 0.6) is 11.8 Å². The number of benzene rings is 1. The number of carbonyl (C=O) groups is 1. The van der Waals surface area contributed by atoms with Gasteiger partial charge < -0.3 is 9.47 Å². The van der Waals surface area contributed by atoms with E-state index in [1.807, 2.05) is 18.2 Å². The summed E-state index contributed by atoms with van der Waals surface area (Å²) in [6, 6.07) is 7.23. The molecule has 0 saturated carbocycles. The Morgan fingerprint density at radius 2 is 2.14 bits per heavy atom. The topological polar surface area (TPSA) is 70.4 Å². The van der Waals surface area contributed by atoms with Crippen LogP contribution in [0.4, 0.5) is 0 Å². The summed E-state index contributed by atoms with van der Waals surface area (Å²) in [6.45, 7) is 0.298. The highest BCUT2D eigenvalue weighted by Crippen LogP contribution is 2.27. The number of hydrogen-bond acceptors (Lipinski definition) is 5. The smallest absolute Gasteiger partial charge is 0.354 e. The molecule has 1 atom stereocenters. The van der Waals surface area contributed by atoms with Gasteiger partial charge in [-0.3, -0.25) is 9.36 Å². The van der Waals surface area contributed by atoms with E-state index >= 15 is 0 Å². The van der Waals surface area contributed by atoms with Gasteiger partial charge in [0.15, 0.2) is 0 Å². The fourth-order valence-corrected chi connectivity index (χ4v) is 2.91. The minimum absolute atomic E-state index is 0.156. The van der Waals surface area contributed by atoms with E-state index in [1.165, 1.54) is 17.2 Å². The first-order valence-electron chi connectivity index (χ1n) is 7.27. The van der Waals surface area contributed by atoms with Gasteiger partial charge in [0, 0.05) is 12.3 Å². The van der Waals surface area contributed by atoms with Crippen molar-refractivity contribution in [3.8, 4) is 11.8 Å². The van der Waals surface area contributed by atoms with Crippen LogP contribution < -0.4 is 15.0 Å². The fourth-order valence-electron chi connectivity index (χ4n) is 2.91. The lowest BCUT2D eigenvalue weighted by atomic mass is 10.1. The van der Waals surface area contributed by atoms with E-state index in [-0.39, 0.29) is 11.6 Å². The third-order valence-electron chi connectivity index (χ3n) is 4.01. The predicted octanol–water partition coefficient (Wildman–Crippen LogP) is 1.10. The maximum Gasteiger partial charge on any atom is 0.354 e. The molecule has 22 heavy (non-hydrogen) atoms. The summed E-state index contributed by atoms with van der Waals surface area (Å²) >= 11 is 0. The van der Waals surface area contributed by atoms with Crippen molar-refractivity contribution < 1.29 is 14.3 Å². The maximum absolute atomic E-state index is 12.2. The molecule has 0 bridgehead atoms. The maximum atomic E-state index is 12.2. The second-order valence-corrected chi connectivity index (χ2v) is 5.51. The molecule has 112 valence electrons. The first kappa shape index (κ1) is 13.1. The number of nitrogens with zero attached hydrogens (tertiary/aromatic N) is 2. The summed E-state index contributed by atoms with van der Waals surface area (Å²) in [6.07, 6.45) is 4.05. The van der Waals surface area contributed by atoms with E-state index in [4.69, 9.17) is 9.47 Å². The molecule has 1 aliphatic carbocycles. The number of rotatable bonds is 2. The Morgan fingerprint density at radius 1 is 1.27 bits per heavy atom. The molecule has 2 aliphatic rings. The zero-order valence-electron chi connectivity index (χ0n) is 11.8. The molecule has 6 nitrogen and oxygen atoms in total. The zero-order valence-corrected chi connectivity index (χ0v) is 11.8. The molecule has 1 aromatic heterocycles. The van der Waals surface area contributed by atoms with Crippen molar-refractivity contribution in [2.75, 3.05) is 0 Å². The summed E-state index contributed by atoms with van der Waals surface area (Å²) in [5.41, 5.74) is 2.18. The van der Waals surface area contributed by atoms with Gasteiger partial charge in [0.25, 0.3) is 5.56 Å². The van der Waals surface area contributed by atoms with Gasteiger partial charge in [-0.15, -0.1) is 0 Å². The third-order valence-corrected chi connectivity index (χ3v) is 4.01. The second-order valence-electron chi connectivity index (χ2n) is 5.51. The standard InChI is InChI=1S/C16H14N2O4/c19-14-6-7-18-9-13(22-16(18)17-14)15(20)21-12-5-4-10-2-1-3-11(10)8-12/h4-8,13H,1-3,9H2. The first-order chi connectivity index (χ1) is 10.7. The van der Waals surface area contributed by atoms with Crippen LogP contribution in [0.1, 0.15) is 17.5 Å². The van der Waals surface area contributed by atoms with E-state index in [0.717, 1.165) is 19.3 Å². The molecular formula is C16H14N2O4. The summed E-state index contributed by atoms with van der Waals surface area (Å²) < 4.78 is 12.4. The largest absolute Gasteiger partial charge is 0.447 e. The molecular weight excluding hydrogens is 284 g/mol. The van der Waals surface area contributed by atoms with Crippen LogP contribution in [0.15, 0.2) is 35.3 Å². The van der Waals surface area contributed by atoms with Crippen molar-refractivity contribution in [1.29, 1.82) is 0 Å². The number of fused-ring (bicyclic) bond motifs is 2. The minimum atomic E-state index is -0.775. The van der Waals surface area contributed by atoms with Crippen molar-refractivity contribution in [3.05, 3.63) is 51.9 Å². The zero-order chi connectivity index (χ0) is 15.1. The quantitative estimate of drug-likeness (QED) is 0.613. The highest BCUT2D eigenvalue weighted by Gasteiger charge is 2.31. The number of esters is 1. The fraction of sp³-hybridized carbons (Fsp3) is 0.312. The molecule has 2 aromatic rings. The van der Waals surface area contributed by atoms with Gasteiger partial charge in [-0.1, -0.05) is 6.07 Å². The summed E-state index contributed by atoms with van der Waals surface area (Å²) in [4.78, 5) is 27.1. The van der Waals surface area contributed by atoms with E-state index in [1.54, 1.807) is 10.8 Å². The molecule has 0 saturated heterocycles. The average Bonchev–Trinajstić information content (AvgIpc) is 3.12. The van der Waals surface area contributed by atoms with E-state index < -0.39 is 12.1 Å². The Morgan fingerprint density at radius 3 is 3.05 bits per heavy atom. The molecule has 6 heteroatoms. The van der Waals surface area contributed by atoms with E-state index in [2.05, 4.69) is 4.98 Å². The minimum Gasteiger partial charge on any atom is -0.447 e. The van der Waals surface area contributed by atoms with Gasteiger partial charge in [-0.25, -0.2) is 4.79 Å². The van der Waals surface area contributed by atoms with Crippen LogP contribution in [-0.2, 0) is 24.2 Å². The molecule has 4 rings (SSSR count). The number of aromatic nitrogens is 2. The normalized spacial score (nSPS) is 18.5. The molecule has 0 N–H and O–H groups in total. The van der Waals surface area contributed by atoms with Crippen molar-refractivity contribution in [1.82, 2.24) is 9.55 Å². The molecule has 0 fully saturated rings. The molecule has 1 aromatic carbocycles. The number of hydrogen-bond donors (Lipinski definition) is 0. The summed E-state index contributed by atoms with van der Waals surface area (Å²) in [7, 11) is 0. The highest BCUT2D eigenvalue weighted by molar-refractivity contribution is 5.78.